The highest BCUT2D eigenvalue weighted by molar-refractivity contribution is 7.15. The Labute approximate surface area is 131 Å². The molecule has 0 aliphatic carbocycles. The number of rotatable bonds is 6. The first kappa shape index (κ1) is 16.5. The van der Waals surface area contributed by atoms with Crippen molar-refractivity contribution < 1.29 is 13.2 Å². The fourth-order valence-electron chi connectivity index (χ4n) is 1.92. The summed E-state index contributed by atoms with van der Waals surface area (Å²) in [6.45, 7) is 6.25. The van der Waals surface area contributed by atoms with Gasteiger partial charge in [0, 0.05) is 25.8 Å². The molecule has 0 fully saturated rings. The minimum Gasteiger partial charge on any atom is -0.357 e. The van der Waals surface area contributed by atoms with E-state index in [1.54, 1.807) is 6.20 Å². The van der Waals surface area contributed by atoms with Crippen LogP contribution in [-0.4, -0.2) is 23.1 Å². The molecule has 0 aliphatic rings. The number of nitrogens with zero attached hydrogens (tertiary/aromatic N) is 3. The predicted molar refractivity (Wildman–Crippen MR) is 82.2 cm³/mol. The van der Waals surface area contributed by atoms with Crippen molar-refractivity contribution in [3.8, 4) is 0 Å². The molecule has 0 saturated heterocycles. The summed E-state index contributed by atoms with van der Waals surface area (Å²) in [6, 6.07) is 3.82. The fourth-order valence-corrected chi connectivity index (χ4v) is 2.60. The van der Waals surface area contributed by atoms with Gasteiger partial charge in [0.2, 0.25) is 0 Å². The summed E-state index contributed by atoms with van der Waals surface area (Å²) in [5.41, 5.74) is 0.889. The molecule has 120 valence electrons. The van der Waals surface area contributed by atoms with Gasteiger partial charge in [-0.2, -0.15) is 13.2 Å². The van der Waals surface area contributed by atoms with Crippen LogP contribution in [0.15, 0.2) is 24.5 Å². The summed E-state index contributed by atoms with van der Waals surface area (Å²) in [7, 11) is 0. The Morgan fingerprint density at radius 1 is 1.14 bits per heavy atom. The molecule has 2 rings (SSSR count). The zero-order chi connectivity index (χ0) is 16.2. The lowest BCUT2D eigenvalue weighted by Gasteiger charge is -2.19. The second kappa shape index (κ2) is 6.95. The molecular weight excluding hydrogens is 313 g/mol. The normalized spacial score (nSPS) is 11.5. The highest BCUT2D eigenvalue weighted by Gasteiger charge is 2.33. The molecule has 0 unspecified atom stereocenters. The van der Waals surface area contributed by atoms with Gasteiger partial charge in [-0.3, -0.25) is 0 Å². The van der Waals surface area contributed by atoms with Crippen LogP contribution in [0, 0.1) is 0 Å². The van der Waals surface area contributed by atoms with Gasteiger partial charge >= 0.3 is 6.18 Å². The third-order valence-corrected chi connectivity index (χ3v) is 4.13. The Morgan fingerprint density at radius 2 is 1.86 bits per heavy atom. The number of hydrogen-bond donors (Lipinski definition) is 1. The van der Waals surface area contributed by atoms with Crippen molar-refractivity contribution in [1.29, 1.82) is 0 Å². The van der Waals surface area contributed by atoms with Gasteiger partial charge in [-0.1, -0.05) is 17.4 Å². The van der Waals surface area contributed by atoms with Crippen LogP contribution in [0.25, 0.3) is 0 Å². The molecular formula is C14H17F3N4S. The summed E-state index contributed by atoms with van der Waals surface area (Å²) in [6.07, 6.45) is -1.78. The minimum absolute atomic E-state index is 0.250. The number of thiazole rings is 1. The molecule has 8 heteroatoms. The van der Waals surface area contributed by atoms with Gasteiger partial charge in [0.1, 0.15) is 10.7 Å². The van der Waals surface area contributed by atoms with Crippen molar-refractivity contribution in [2.45, 2.75) is 26.6 Å². The Kier molecular flexibility index (Phi) is 5.23. The zero-order valence-electron chi connectivity index (χ0n) is 12.3. The third-order valence-electron chi connectivity index (χ3n) is 3.13. The van der Waals surface area contributed by atoms with E-state index < -0.39 is 11.1 Å². The number of hydrogen-bond acceptors (Lipinski definition) is 5. The third kappa shape index (κ3) is 4.09. The summed E-state index contributed by atoms with van der Waals surface area (Å²) >= 11 is 0.598. The van der Waals surface area contributed by atoms with Gasteiger partial charge in [0.05, 0.1) is 6.20 Å². The molecule has 0 atom stereocenters. The molecule has 2 aromatic rings. The van der Waals surface area contributed by atoms with Gasteiger partial charge in [-0.25, -0.2) is 9.97 Å². The molecule has 0 amide bonds. The SMILES string of the molecule is CCN(CC)c1ccc(CNc2ncc(C(F)(F)F)s2)cn1. The number of anilines is 2. The number of aromatic nitrogens is 2. The van der Waals surface area contributed by atoms with E-state index in [-0.39, 0.29) is 5.13 Å². The monoisotopic (exact) mass is 330 g/mol. The summed E-state index contributed by atoms with van der Waals surface area (Å²) in [5.74, 6) is 0.891. The lowest BCUT2D eigenvalue weighted by atomic mass is 10.3. The van der Waals surface area contributed by atoms with E-state index in [1.165, 1.54) is 0 Å². The molecule has 0 aliphatic heterocycles. The number of pyridine rings is 1. The highest BCUT2D eigenvalue weighted by Crippen LogP contribution is 2.35. The van der Waals surface area contributed by atoms with Crippen molar-refractivity contribution in [2.75, 3.05) is 23.3 Å². The first-order valence-electron chi connectivity index (χ1n) is 6.90. The Balaban J connectivity index is 1.96. The summed E-state index contributed by atoms with van der Waals surface area (Å²) < 4.78 is 37.4. The maximum absolute atomic E-state index is 12.5. The quantitative estimate of drug-likeness (QED) is 0.869. The second-order valence-electron chi connectivity index (χ2n) is 4.58. The molecule has 2 heterocycles. The van der Waals surface area contributed by atoms with E-state index in [1.807, 2.05) is 12.1 Å². The standard InChI is InChI=1S/C14H17F3N4S/c1-3-21(4-2)12-6-5-10(7-18-12)8-19-13-20-9-11(22-13)14(15,16)17/h5-7,9H,3-4,8H2,1-2H3,(H,19,20). The molecule has 1 N–H and O–H groups in total. The van der Waals surface area contributed by atoms with Crippen molar-refractivity contribution >= 4 is 22.3 Å². The minimum atomic E-state index is -4.34. The van der Waals surface area contributed by atoms with Crippen LogP contribution < -0.4 is 10.2 Å². The second-order valence-corrected chi connectivity index (χ2v) is 5.61. The van der Waals surface area contributed by atoms with Crippen LogP contribution in [0.1, 0.15) is 24.3 Å². The molecule has 4 nitrogen and oxygen atoms in total. The number of nitrogens with one attached hydrogen (secondary N) is 1. The van der Waals surface area contributed by atoms with Gasteiger partial charge in [-0.05, 0) is 25.5 Å². The van der Waals surface area contributed by atoms with Gasteiger partial charge in [-0.15, -0.1) is 0 Å². The van der Waals surface area contributed by atoms with Crippen molar-refractivity contribution in [2.24, 2.45) is 0 Å². The molecule has 0 radical (unpaired) electrons. The molecule has 2 aromatic heterocycles. The smallest absolute Gasteiger partial charge is 0.357 e. The maximum Gasteiger partial charge on any atom is 0.427 e. The van der Waals surface area contributed by atoms with E-state index >= 15 is 0 Å². The van der Waals surface area contributed by atoms with Crippen LogP contribution in [0.3, 0.4) is 0 Å². The molecule has 0 saturated carbocycles. The number of halogens is 3. The fraction of sp³-hybridized carbons (Fsp3) is 0.429. The van der Waals surface area contributed by atoms with Crippen molar-refractivity contribution in [3.05, 3.63) is 35.0 Å². The van der Waals surface area contributed by atoms with E-state index in [2.05, 4.69) is 34.0 Å². The summed E-state index contributed by atoms with van der Waals surface area (Å²) in [4.78, 5) is 9.51. The van der Waals surface area contributed by atoms with Crippen molar-refractivity contribution in [1.82, 2.24) is 9.97 Å². The average Bonchev–Trinajstić information content (AvgIpc) is 2.97. The van der Waals surface area contributed by atoms with Crippen LogP contribution in [-0.2, 0) is 12.7 Å². The maximum atomic E-state index is 12.5. The van der Waals surface area contributed by atoms with E-state index in [9.17, 15) is 13.2 Å². The predicted octanol–water partition coefficient (Wildman–Crippen LogP) is 4.02. The first-order valence-corrected chi connectivity index (χ1v) is 7.72. The van der Waals surface area contributed by atoms with E-state index in [4.69, 9.17) is 0 Å². The Hall–Kier alpha value is -1.83. The summed E-state index contributed by atoms with van der Waals surface area (Å²) in [5, 5.41) is 3.13. The zero-order valence-corrected chi connectivity index (χ0v) is 13.1. The molecule has 0 bridgehead atoms. The average molecular weight is 330 g/mol. The highest BCUT2D eigenvalue weighted by atomic mass is 32.1. The van der Waals surface area contributed by atoms with E-state index in [0.717, 1.165) is 30.7 Å². The topological polar surface area (TPSA) is 41.0 Å². The van der Waals surface area contributed by atoms with Crippen molar-refractivity contribution in [3.63, 3.8) is 0 Å². The lowest BCUT2D eigenvalue weighted by Crippen LogP contribution is -2.22. The Bertz CT molecular complexity index is 591. The first-order chi connectivity index (χ1) is 10.4. The number of alkyl halides is 3. The molecule has 22 heavy (non-hydrogen) atoms. The van der Waals surface area contributed by atoms with Crippen LogP contribution in [0.5, 0.6) is 0 Å². The van der Waals surface area contributed by atoms with Crippen LogP contribution in [0.2, 0.25) is 0 Å². The van der Waals surface area contributed by atoms with E-state index in [0.29, 0.717) is 17.9 Å². The molecule has 0 aromatic carbocycles. The molecule has 0 spiro atoms. The van der Waals surface area contributed by atoms with Gasteiger partial charge < -0.3 is 10.2 Å². The largest absolute Gasteiger partial charge is 0.427 e. The van der Waals surface area contributed by atoms with Gasteiger partial charge in [0.15, 0.2) is 5.13 Å². The Morgan fingerprint density at radius 3 is 2.36 bits per heavy atom. The van der Waals surface area contributed by atoms with Crippen LogP contribution >= 0.6 is 11.3 Å². The van der Waals surface area contributed by atoms with Crippen LogP contribution in [0.4, 0.5) is 24.1 Å². The van der Waals surface area contributed by atoms with Gasteiger partial charge in [0.25, 0.3) is 0 Å². The lowest BCUT2D eigenvalue weighted by molar-refractivity contribution is -0.134.